The van der Waals surface area contributed by atoms with Gasteiger partial charge in [-0.15, -0.1) is 0 Å². The van der Waals surface area contributed by atoms with E-state index in [4.69, 9.17) is 9.15 Å². The summed E-state index contributed by atoms with van der Waals surface area (Å²) in [5.41, 5.74) is -3.17. The highest BCUT2D eigenvalue weighted by molar-refractivity contribution is 6.07. The molecule has 1 unspecified atom stereocenters. The van der Waals surface area contributed by atoms with Gasteiger partial charge in [0, 0.05) is 6.42 Å². The molecule has 0 aliphatic carbocycles. The van der Waals surface area contributed by atoms with Crippen LogP contribution in [-0.2, 0) is 19.9 Å². The van der Waals surface area contributed by atoms with Gasteiger partial charge in [0.25, 0.3) is 5.60 Å². The predicted molar refractivity (Wildman–Crippen MR) is 73.0 cm³/mol. The minimum Gasteiger partial charge on any atom is -0.465 e. The Kier molecular flexibility index (Phi) is 5.11. The van der Waals surface area contributed by atoms with Crippen LogP contribution in [0.15, 0.2) is 22.8 Å². The molecule has 1 rings (SSSR count). The molecule has 0 aromatic carbocycles. The number of hydrogen-bond acceptors (Lipinski definition) is 5. The van der Waals surface area contributed by atoms with Crippen LogP contribution in [0.2, 0.25) is 0 Å². The molecule has 0 aliphatic heterocycles. The smallest absolute Gasteiger partial charge is 0.354 e. The molecular formula is C15H22O5. The van der Waals surface area contributed by atoms with Crippen molar-refractivity contribution in [1.29, 1.82) is 0 Å². The molecule has 0 radical (unpaired) electrons. The average Bonchev–Trinajstić information content (AvgIpc) is 2.86. The van der Waals surface area contributed by atoms with Crippen molar-refractivity contribution < 1.29 is 23.8 Å². The third-order valence-electron chi connectivity index (χ3n) is 2.73. The van der Waals surface area contributed by atoms with Crippen LogP contribution >= 0.6 is 0 Å². The lowest BCUT2D eigenvalue weighted by molar-refractivity contribution is -0.183. The van der Waals surface area contributed by atoms with Crippen molar-refractivity contribution in [3.05, 3.63) is 24.2 Å². The maximum absolute atomic E-state index is 12.2. The normalized spacial score (nSPS) is 14.7. The minimum atomic E-state index is -2.37. The van der Waals surface area contributed by atoms with E-state index in [0.717, 1.165) is 6.42 Å². The molecular weight excluding hydrogens is 260 g/mol. The Balaban J connectivity index is 3.08. The van der Waals surface area contributed by atoms with Crippen LogP contribution in [0.1, 0.15) is 52.7 Å². The summed E-state index contributed by atoms with van der Waals surface area (Å²) >= 11 is 0. The molecule has 0 spiro atoms. The second kappa shape index (κ2) is 6.22. The molecule has 0 saturated carbocycles. The zero-order valence-corrected chi connectivity index (χ0v) is 12.4. The first-order chi connectivity index (χ1) is 9.21. The number of hydrogen-bond donors (Lipinski definition) is 1. The first-order valence-electron chi connectivity index (χ1n) is 6.75. The lowest BCUT2D eigenvalue weighted by Gasteiger charge is -2.27. The largest absolute Gasteiger partial charge is 0.465 e. The van der Waals surface area contributed by atoms with Crippen molar-refractivity contribution in [2.24, 2.45) is 0 Å². The van der Waals surface area contributed by atoms with Gasteiger partial charge in [0.05, 0.1) is 6.26 Å². The van der Waals surface area contributed by atoms with Gasteiger partial charge in [-0.2, -0.15) is 0 Å². The van der Waals surface area contributed by atoms with Crippen LogP contribution in [0.4, 0.5) is 0 Å². The fourth-order valence-electron chi connectivity index (χ4n) is 1.71. The van der Waals surface area contributed by atoms with E-state index in [1.165, 1.54) is 18.4 Å². The molecule has 5 heteroatoms. The molecule has 1 N–H and O–H groups in total. The number of carbonyl (C=O) groups is 2. The number of furan rings is 1. The first-order valence-corrected chi connectivity index (χ1v) is 6.75. The Hall–Kier alpha value is -1.62. The van der Waals surface area contributed by atoms with Crippen LogP contribution in [-0.4, -0.2) is 22.5 Å². The molecule has 0 aliphatic rings. The Labute approximate surface area is 118 Å². The highest BCUT2D eigenvalue weighted by Gasteiger charge is 2.50. The third kappa shape index (κ3) is 3.70. The van der Waals surface area contributed by atoms with Crippen molar-refractivity contribution in [2.75, 3.05) is 0 Å². The zero-order chi connectivity index (χ0) is 15.4. The van der Waals surface area contributed by atoms with E-state index in [9.17, 15) is 14.7 Å². The van der Waals surface area contributed by atoms with Gasteiger partial charge in [0.15, 0.2) is 11.5 Å². The summed E-state index contributed by atoms with van der Waals surface area (Å²) in [5, 5.41) is 10.6. The SMILES string of the molecule is CCCCC(=O)C(O)(C(=O)OC(C)(C)C)c1ccco1. The summed E-state index contributed by atoms with van der Waals surface area (Å²) in [6.07, 6.45) is 2.77. The maximum atomic E-state index is 12.2. The van der Waals surface area contributed by atoms with Crippen LogP contribution < -0.4 is 0 Å². The fraction of sp³-hybridized carbons (Fsp3) is 0.600. The summed E-state index contributed by atoms with van der Waals surface area (Å²) in [4.78, 5) is 24.5. The van der Waals surface area contributed by atoms with E-state index < -0.39 is 23.0 Å². The van der Waals surface area contributed by atoms with Gasteiger partial charge >= 0.3 is 5.97 Å². The van der Waals surface area contributed by atoms with Gasteiger partial charge in [-0.25, -0.2) is 4.79 Å². The molecule has 0 bridgehead atoms. The molecule has 0 saturated heterocycles. The van der Waals surface area contributed by atoms with Gasteiger partial charge in [0.1, 0.15) is 5.60 Å². The van der Waals surface area contributed by atoms with E-state index in [1.54, 1.807) is 20.8 Å². The number of ether oxygens (including phenoxy) is 1. The van der Waals surface area contributed by atoms with Crippen molar-refractivity contribution >= 4 is 11.8 Å². The molecule has 1 aromatic heterocycles. The fourth-order valence-corrected chi connectivity index (χ4v) is 1.71. The van der Waals surface area contributed by atoms with E-state index >= 15 is 0 Å². The van der Waals surface area contributed by atoms with Gasteiger partial charge in [-0.3, -0.25) is 4.79 Å². The Bertz CT molecular complexity index is 455. The molecule has 20 heavy (non-hydrogen) atoms. The second-order valence-corrected chi connectivity index (χ2v) is 5.72. The highest BCUT2D eigenvalue weighted by atomic mass is 16.6. The minimum absolute atomic E-state index is 0.0902. The lowest BCUT2D eigenvalue weighted by Crippen LogP contribution is -2.47. The third-order valence-corrected chi connectivity index (χ3v) is 2.73. The van der Waals surface area contributed by atoms with Crippen LogP contribution in [0.5, 0.6) is 0 Å². The van der Waals surface area contributed by atoms with Gasteiger partial charge in [-0.1, -0.05) is 13.3 Å². The van der Waals surface area contributed by atoms with Crippen molar-refractivity contribution in [1.82, 2.24) is 0 Å². The lowest BCUT2D eigenvalue weighted by atomic mass is 9.91. The number of Topliss-reactive ketones (excluding diaryl/α,β-unsaturated/α-hetero) is 1. The number of ketones is 1. The molecule has 1 aromatic rings. The zero-order valence-electron chi connectivity index (χ0n) is 12.4. The van der Waals surface area contributed by atoms with E-state index in [2.05, 4.69) is 0 Å². The van der Waals surface area contributed by atoms with Crippen LogP contribution in [0.3, 0.4) is 0 Å². The van der Waals surface area contributed by atoms with E-state index in [1.807, 2.05) is 6.92 Å². The van der Waals surface area contributed by atoms with Crippen LogP contribution in [0, 0.1) is 0 Å². The number of carbonyl (C=O) groups excluding carboxylic acids is 2. The van der Waals surface area contributed by atoms with E-state index in [0.29, 0.717) is 6.42 Å². The average molecular weight is 282 g/mol. The summed E-state index contributed by atoms with van der Waals surface area (Å²) in [6.45, 7) is 6.94. The summed E-state index contributed by atoms with van der Waals surface area (Å²) in [7, 11) is 0. The number of esters is 1. The molecule has 0 amide bonds. The molecule has 1 heterocycles. The van der Waals surface area contributed by atoms with Crippen LogP contribution in [0.25, 0.3) is 0 Å². The van der Waals surface area contributed by atoms with E-state index in [-0.39, 0.29) is 12.2 Å². The summed E-state index contributed by atoms with van der Waals surface area (Å²) in [6, 6.07) is 2.91. The molecule has 0 fully saturated rings. The van der Waals surface area contributed by atoms with Gasteiger partial charge < -0.3 is 14.3 Å². The van der Waals surface area contributed by atoms with Crippen molar-refractivity contribution in [3.8, 4) is 0 Å². The highest BCUT2D eigenvalue weighted by Crippen LogP contribution is 2.28. The summed E-state index contributed by atoms with van der Waals surface area (Å²) < 4.78 is 10.2. The predicted octanol–water partition coefficient (Wildman–Crippen LogP) is 2.57. The summed E-state index contributed by atoms with van der Waals surface area (Å²) in [5.74, 6) is -1.71. The molecule has 5 nitrogen and oxygen atoms in total. The Morgan fingerprint density at radius 2 is 2.00 bits per heavy atom. The van der Waals surface area contributed by atoms with Gasteiger partial charge in [0.2, 0.25) is 0 Å². The number of aliphatic hydroxyl groups is 1. The number of unbranched alkanes of at least 4 members (excludes halogenated alkanes) is 1. The van der Waals surface area contributed by atoms with Crippen molar-refractivity contribution in [2.45, 2.75) is 58.2 Å². The quantitative estimate of drug-likeness (QED) is 0.641. The Morgan fingerprint density at radius 3 is 2.45 bits per heavy atom. The van der Waals surface area contributed by atoms with Crippen molar-refractivity contribution in [3.63, 3.8) is 0 Å². The second-order valence-electron chi connectivity index (χ2n) is 5.72. The number of rotatable bonds is 6. The molecule has 1 atom stereocenters. The first kappa shape index (κ1) is 16.4. The van der Waals surface area contributed by atoms with Gasteiger partial charge in [-0.05, 0) is 39.3 Å². The monoisotopic (exact) mass is 282 g/mol. The Morgan fingerprint density at radius 1 is 1.35 bits per heavy atom. The topological polar surface area (TPSA) is 76.7 Å². The standard InChI is InChI=1S/C15H22O5/c1-5-6-8-11(16)15(18,12-9-7-10-19-12)13(17)20-14(2,3)4/h7,9-10,18H,5-6,8H2,1-4H3. The molecule has 112 valence electrons. The maximum Gasteiger partial charge on any atom is 0.354 e.